The van der Waals surface area contributed by atoms with Gasteiger partial charge in [0.25, 0.3) is 11.1 Å². The molecule has 1 unspecified atom stereocenters. The first-order valence-corrected chi connectivity index (χ1v) is 10.6. The average molecular weight is 411 g/mol. The van der Waals surface area contributed by atoms with E-state index in [9.17, 15) is 14.4 Å². The Morgan fingerprint density at radius 2 is 1.83 bits per heavy atom. The molecule has 1 aliphatic heterocycles. The molecule has 0 aliphatic carbocycles. The molecule has 6 heteroatoms. The molecule has 1 atom stereocenters. The third-order valence-corrected chi connectivity index (χ3v) is 5.55. The van der Waals surface area contributed by atoms with Crippen molar-refractivity contribution in [2.75, 3.05) is 5.75 Å². The van der Waals surface area contributed by atoms with Crippen molar-refractivity contribution in [1.82, 2.24) is 10.2 Å². The van der Waals surface area contributed by atoms with Gasteiger partial charge in [0, 0.05) is 5.56 Å². The van der Waals surface area contributed by atoms with Gasteiger partial charge >= 0.3 is 0 Å². The van der Waals surface area contributed by atoms with Gasteiger partial charge in [0.15, 0.2) is 0 Å². The van der Waals surface area contributed by atoms with Crippen LogP contribution in [0.2, 0.25) is 0 Å². The second kappa shape index (κ2) is 8.82. The molecule has 29 heavy (non-hydrogen) atoms. The van der Waals surface area contributed by atoms with E-state index >= 15 is 0 Å². The Balaban J connectivity index is 1.76. The summed E-state index contributed by atoms with van der Waals surface area (Å²) in [5.41, 5.74) is 2.39. The van der Waals surface area contributed by atoms with E-state index in [0.29, 0.717) is 5.56 Å². The van der Waals surface area contributed by atoms with Gasteiger partial charge in [0.2, 0.25) is 5.91 Å². The molecule has 0 bridgehead atoms. The van der Waals surface area contributed by atoms with Crippen molar-refractivity contribution in [3.63, 3.8) is 0 Å². The molecule has 5 nitrogen and oxygen atoms in total. The lowest BCUT2D eigenvalue weighted by Crippen LogP contribution is -2.31. The quantitative estimate of drug-likeness (QED) is 0.744. The second-order valence-electron chi connectivity index (χ2n) is 8.44. The average Bonchev–Trinajstić information content (AvgIpc) is 2.99. The van der Waals surface area contributed by atoms with Gasteiger partial charge in [-0.2, -0.15) is 0 Å². The molecular formula is C23H26N2O3S. The van der Waals surface area contributed by atoms with Crippen LogP contribution < -0.4 is 5.32 Å². The Morgan fingerprint density at radius 3 is 2.45 bits per heavy atom. The minimum Gasteiger partial charge on any atom is -0.345 e. The van der Waals surface area contributed by atoms with Crippen LogP contribution in [0.15, 0.2) is 54.6 Å². The second-order valence-corrected chi connectivity index (χ2v) is 9.36. The Morgan fingerprint density at radius 1 is 1.10 bits per heavy atom. The lowest BCUT2D eigenvalue weighted by molar-refractivity contribution is -0.125. The molecule has 1 fully saturated rings. The van der Waals surface area contributed by atoms with Gasteiger partial charge in [0.05, 0.1) is 18.3 Å². The third-order valence-electron chi connectivity index (χ3n) is 4.69. The summed E-state index contributed by atoms with van der Waals surface area (Å²) >= 11 is 1.01. The van der Waals surface area contributed by atoms with Crippen LogP contribution in [0.1, 0.15) is 54.7 Å². The zero-order chi connectivity index (χ0) is 21.0. The Hall–Kier alpha value is -2.60. The molecule has 3 amide bonds. The van der Waals surface area contributed by atoms with Crippen molar-refractivity contribution in [2.24, 2.45) is 5.41 Å². The van der Waals surface area contributed by atoms with Crippen LogP contribution in [0.5, 0.6) is 0 Å². The molecule has 1 N–H and O–H groups in total. The predicted octanol–water partition coefficient (Wildman–Crippen LogP) is 4.79. The van der Waals surface area contributed by atoms with Gasteiger partial charge in [-0.3, -0.25) is 19.3 Å². The number of nitrogens with zero attached hydrogens (tertiary/aromatic N) is 1. The van der Waals surface area contributed by atoms with Crippen LogP contribution in [0.25, 0.3) is 0 Å². The van der Waals surface area contributed by atoms with Gasteiger partial charge in [-0.25, -0.2) is 0 Å². The molecule has 2 aromatic rings. The van der Waals surface area contributed by atoms with Crippen molar-refractivity contribution < 1.29 is 14.4 Å². The number of benzene rings is 2. The fourth-order valence-electron chi connectivity index (χ4n) is 3.32. The summed E-state index contributed by atoms with van der Waals surface area (Å²) in [5.74, 6) is -0.174. The summed E-state index contributed by atoms with van der Waals surface area (Å²) in [6, 6.07) is 16.9. The molecule has 1 aliphatic rings. The highest BCUT2D eigenvalue weighted by Gasteiger charge is 2.30. The molecule has 152 valence electrons. The number of carbonyl (C=O) groups is 3. The number of hydrogen-bond donors (Lipinski definition) is 1. The van der Waals surface area contributed by atoms with Gasteiger partial charge in [-0.1, -0.05) is 75.0 Å². The molecule has 1 saturated heterocycles. The minimum absolute atomic E-state index is 0.0454. The number of thioether (sulfide) groups is 1. The Labute approximate surface area is 175 Å². The number of nitrogens with one attached hydrogen (secondary N) is 1. The number of hydrogen-bond acceptors (Lipinski definition) is 4. The Kier molecular flexibility index (Phi) is 6.42. The lowest BCUT2D eigenvalue weighted by atomic mass is 9.85. The van der Waals surface area contributed by atoms with Crippen molar-refractivity contribution in [3.05, 3.63) is 71.3 Å². The van der Waals surface area contributed by atoms with Crippen LogP contribution in [0.3, 0.4) is 0 Å². The zero-order valence-corrected chi connectivity index (χ0v) is 17.8. The van der Waals surface area contributed by atoms with Crippen LogP contribution in [0, 0.1) is 5.41 Å². The summed E-state index contributed by atoms with van der Waals surface area (Å²) in [5, 5.41) is 2.92. The standard InChI is InChI=1S/C23H26N2O3S/c1-23(2,3)13-19(17-9-5-4-6-10-17)24-21(27)18-11-7-8-16(12-18)14-25-20(26)15-29-22(25)28/h4-12,19H,13-15H2,1-3H3,(H,24,27). The lowest BCUT2D eigenvalue weighted by Gasteiger charge is -2.27. The summed E-state index contributed by atoms with van der Waals surface area (Å²) < 4.78 is 0. The highest BCUT2D eigenvalue weighted by Crippen LogP contribution is 2.29. The maximum atomic E-state index is 13.0. The van der Waals surface area contributed by atoms with Gasteiger partial charge in [-0.15, -0.1) is 0 Å². The maximum Gasteiger partial charge on any atom is 0.289 e. The van der Waals surface area contributed by atoms with Gasteiger partial charge in [-0.05, 0) is 35.1 Å². The minimum atomic E-state index is -0.237. The summed E-state index contributed by atoms with van der Waals surface area (Å²) in [6.45, 7) is 6.64. The van der Waals surface area contributed by atoms with Gasteiger partial charge < -0.3 is 5.32 Å². The number of rotatable bonds is 6. The molecule has 1 heterocycles. The number of imide groups is 1. The van der Waals surface area contributed by atoms with E-state index in [1.54, 1.807) is 18.2 Å². The molecule has 0 spiro atoms. The van der Waals surface area contributed by atoms with Crippen molar-refractivity contribution in [2.45, 2.75) is 39.8 Å². The summed E-state index contributed by atoms with van der Waals surface area (Å²) in [6.07, 6.45) is 0.802. The number of carbonyl (C=O) groups excluding carboxylic acids is 3. The van der Waals surface area contributed by atoms with E-state index in [4.69, 9.17) is 0 Å². The predicted molar refractivity (Wildman–Crippen MR) is 116 cm³/mol. The van der Waals surface area contributed by atoms with Crippen LogP contribution in [0.4, 0.5) is 4.79 Å². The normalized spacial score (nSPS) is 15.5. The molecule has 0 aromatic heterocycles. The molecule has 0 radical (unpaired) electrons. The van der Waals surface area contributed by atoms with Crippen molar-refractivity contribution in [3.8, 4) is 0 Å². The first-order chi connectivity index (χ1) is 13.7. The first-order valence-electron chi connectivity index (χ1n) is 9.65. The monoisotopic (exact) mass is 410 g/mol. The van der Waals surface area contributed by atoms with E-state index in [-0.39, 0.29) is 40.8 Å². The zero-order valence-electron chi connectivity index (χ0n) is 17.0. The Bertz CT molecular complexity index is 890. The smallest absolute Gasteiger partial charge is 0.289 e. The molecular weight excluding hydrogens is 384 g/mol. The van der Waals surface area contributed by atoms with E-state index in [0.717, 1.165) is 29.3 Å². The van der Waals surface area contributed by atoms with Crippen LogP contribution >= 0.6 is 11.8 Å². The van der Waals surface area contributed by atoms with E-state index < -0.39 is 0 Å². The third kappa shape index (κ3) is 5.70. The molecule has 3 rings (SSSR count). The summed E-state index contributed by atoms with van der Waals surface area (Å²) in [4.78, 5) is 37.9. The van der Waals surface area contributed by atoms with Gasteiger partial charge in [0.1, 0.15) is 0 Å². The van der Waals surface area contributed by atoms with Crippen LogP contribution in [-0.4, -0.2) is 27.7 Å². The van der Waals surface area contributed by atoms with E-state index in [1.807, 2.05) is 36.4 Å². The highest BCUT2D eigenvalue weighted by molar-refractivity contribution is 8.14. The SMILES string of the molecule is CC(C)(C)CC(NC(=O)c1cccc(CN2C(=O)CSC2=O)c1)c1ccccc1. The fraction of sp³-hybridized carbons (Fsp3) is 0.348. The van der Waals surface area contributed by atoms with Crippen molar-refractivity contribution >= 4 is 28.8 Å². The first kappa shape index (κ1) is 21.1. The van der Waals surface area contributed by atoms with E-state index in [1.165, 1.54) is 4.90 Å². The maximum absolute atomic E-state index is 13.0. The summed E-state index contributed by atoms with van der Waals surface area (Å²) in [7, 11) is 0. The van der Waals surface area contributed by atoms with E-state index in [2.05, 4.69) is 26.1 Å². The fourth-order valence-corrected chi connectivity index (χ4v) is 4.04. The topological polar surface area (TPSA) is 66.5 Å². The van der Waals surface area contributed by atoms with Crippen LogP contribution in [-0.2, 0) is 11.3 Å². The van der Waals surface area contributed by atoms with Crippen molar-refractivity contribution in [1.29, 1.82) is 0 Å². The number of amides is 3. The largest absolute Gasteiger partial charge is 0.345 e. The highest BCUT2D eigenvalue weighted by atomic mass is 32.2. The molecule has 0 saturated carbocycles. The molecule has 2 aromatic carbocycles.